The van der Waals surface area contributed by atoms with E-state index in [0.717, 1.165) is 11.3 Å². The van der Waals surface area contributed by atoms with Crippen LogP contribution >= 0.6 is 23.2 Å². The van der Waals surface area contributed by atoms with Gasteiger partial charge in [-0.3, -0.25) is 14.5 Å². The van der Waals surface area contributed by atoms with E-state index in [4.69, 9.17) is 23.2 Å². The lowest BCUT2D eigenvalue weighted by Crippen LogP contribution is -2.41. The highest BCUT2D eigenvalue weighted by molar-refractivity contribution is 6.39. The molecule has 0 aromatic heterocycles. The number of hydrogen-bond acceptors (Lipinski definition) is 3. The van der Waals surface area contributed by atoms with E-state index in [0.29, 0.717) is 22.3 Å². The average molecular weight is 408 g/mol. The molecular formula is C20H23Cl2N3O2. The molecule has 0 saturated carbocycles. The summed E-state index contributed by atoms with van der Waals surface area (Å²) >= 11 is 12.1. The largest absolute Gasteiger partial charge is 0.322 e. The molecule has 2 amide bonds. The van der Waals surface area contributed by atoms with E-state index in [1.54, 1.807) is 35.0 Å². The van der Waals surface area contributed by atoms with Crippen LogP contribution in [0.4, 0.5) is 11.4 Å². The molecule has 0 radical (unpaired) electrons. The van der Waals surface area contributed by atoms with Crippen LogP contribution < -0.4 is 10.2 Å². The van der Waals surface area contributed by atoms with Crippen molar-refractivity contribution in [1.82, 2.24) is 4.90 Å². The monoisotopic (exact) mass is 407 g/mol. The molecule has 0 heterocycles. The van der Waals surface area contributed by atoms with Crippen molar-refractivity contribution < 1.29 is 9.59 Å². The summed E-state index contributed by atoms with van der Waals surface area (Å²) in [6, 6.07) is 12.7. The zero-order chi connectivity index (χ0) is 20.0. The number of carbonyl (C=O) groups excluding carboxylic acids is 2. The number of halogens is 2. The van der Waals surface area contributed by atoms with E-state index in [9.17, 15) is 9.59 Å². The van der Waals surface area contributed by atoms with E-state index in [1.165, 1.54) is 0 Å². The van der Waals surface area contributed by atoms with Gasteiger partial charge in [0, 0.05) is 12.2 Å². The summed E-state index contributed by atoms with van der Waals surface area (Å²) in [6.45, 7) is 4.61. The molecule has 0 saturated heterocycles. The van der Waals surface area contributed by atoms with Crippen LogP contribution in [0.25, 0.3) is 0 Å². The van der Waals surface area contributed by atoms with Gasteiger partial charge in [-0.25, -0.2) is 0 Å². The summed E-state index contributed by atoms with van der Waals surface area (Å²) in [5.74, 6) is -0.364. The SMILES string of the molecule is CCN(C(=O)CN(C)CC(=O)Nc1c(Cl)cccc1Cl)c1ccccc1C. The number of amides is 2. The van der Waals surface area contributed by atoms with Crippen molar-refractivity contribution in [3.05, 3.63) is 58.1 Å². The average Bonchev–Trinajstić information content (AvgIpc) is 2.60. The third kappa shape index (κ3) is 5.70. The van der Waals surface area contributed by atoms with Crippen LogP contribution in [0.2, 0.25) is 10.0 Å². The van der Waals surface area contributed by atoms with Crippen molar-refractivity contribution in [3.8, 4) is 0 Å². The fourth-order valence-corrected chi connectivity index (χ4v) is 3.25. The van der Waals surface area contributed by atoms with Gasteiger partial charge in [0.1, 0.15) is 0 Å². The number of likely N-dealkylation sites (N-methyl/N-ethyl adjacent to an activating group) is 2. The summed E-state index contributed by atoms with van der Waals surface area (Å²) in [7, 11) is 1.72. The van der Waals surface area contributed by atoms with Crippen molar-refractivity contribution in [2.24, 2.45) is 0 Å². The predicted octanol–water partition coefficient (Wildman–Crippen LogP) is 4.23. The van der Waals surface area contributed by atoms with Gasteiger partial charge in [0.25, 0.3) is 0 Å². The van der Waals surface area contributed by atoms with Gasteiger partial charge >= 0.3 is 0 Å². The van der Waals surface area contributed by atoms with Gasteiger partial charge in [0.15, 0.2) is 0 Å². The third-order valence-electron chi connectivity index (χ3n) is 4.07. The number of rotatable bonds is 7. The van der Waals surface area contributed by atoms with Gasteiger partial charge < -0.3 is 10.2 Å². The fraction of sp³-hybridized carbons (Fsp3) is 0.300. The highest BCUT2D eigenvalue weighted by Crippen LogP contribution is 2.29. The molecule has 2 aromatic carbocycles. The summed E-state index contributed by atoms with van der Waals surface area (Å²) in [5, 5.41) is 3.43. The summed E-state index contributed by atoms with van der Waals surface area (Å²) < 4.78 is 0. The molecule has 7 heteroatoms. The summed E-state index contributed by atoms with van der Waals surface area (Å²) in [4.78, 5) is 28.3. The van der Waals surface area contributed by atoms with Crippen LogP contribution in [0, 0.1) is 6.92 Å². The van der Waals surface area contributed by atoms with Crippen molar-refractivity contribution in [3.63, 3.8) is 0 Å². The topological polar surface area (TPSA) is 52.7 Å². The van der Waals surface area contributed by atoms with Gasteiger partial charge in [-0.05, 0) is 44.7 Å². The first kappa shape index (κ1) is 21.2. The van der Waals surface area contributed by atoms with E-state index < -0.39 is 0 Å². The van der Waals surface area contributed by atoms with Gasteiger partial charge in [-0.15, -0.1) is 0 Å². The molecule has 0 aliphatic heterocycles. The molecule has 0 unspecified atom stereocenters. The maximum Gasteiger partial charge on any atom is 0.241 e. The predicted molar refractivity (Wildman–Crippen MR) is 112 cm³/mol. The zero-order valence-electron chi connectivity index (χ0n) is 15.6. The number of carbonyl (C=O) groups is 2. The molecular weight excluding hydrogens is 385 g/mol. The molecule has 0 aliphatic rings. The van der Waals surface area contributed by atoms with Gasteiger partial charge in [-0.1, -0.05) is 47.5 Å². The van der Waals surface area contributed by atoms with E-state index >= 15 is 0 Å². The van der Waals surface area contributed by atoms with Crippen LogP contribution in [0.15, 0.2) is 42.5 Å². The molecule has 27 heavy (non-hydrogen) atoms. The lowest BCUT2D eigenvalue weighted by Gasteiger charge is -2.25. The highest BCUT2D eigenvalue weighted by atomic mass is 35.5. The van der Waals surface area contributed by atoms with Gasteiger partial charge in [0.2, 0.25) is 11.8 Å². The molecule has 1 N–H and O–H groups in total. The number of nitrogens with one attached hydrogen (secondary N) is 1. The molecule has 144 valence electrons. The Kier molecular flexibility index (Phi) is 7.66. The second-order valence-electron chi connectivity index (χ2n) is 6.24. The Hall–Kier alpha value is -2.08. The Bertz CT molecular complexity index is 806. The molecule has 0 spiro atoms. The Morgan fingerprint density at radius 1 is 1.00 bits per heavy atom. The number of aryl methyl sites for hydroxylation is 1. The number of nitrogens with zero attached hydrogens (tertiary/aromatic N) is 2. The van der Waals surface area contributed by atoms with E-state index in [2.05, 4.69) is 5.32 Å². The Morgan fingerprint density at radius 3 is 2.22 bits per heavy atom. The Balaban J connectivity index is 1.98. The molecule has 0 aliphatic carbocycles. The summed E-state index contributed by atoms with van der Waals surface area (Å²) in [6.07, 6.45) is 0. The number of para-hydroxylation sites is 2. The lowest BCUT2D eigenvalue weighted by molar-refractivity contribution is -0.121. The standard InChI is InChI=1S/C20H23Cl2N3O2/c1-4-25(17-11-6-5-8-14(17)2)19(27)13-24(3)12-18(26)23-20-15(21)9-7-10-16(20)22/h5-11H,4,12-13H2,1-3H3,(H,23,26). The van der Waals surface area contributed by atoms with Crippen LogP contribution in [0.1, 0.15) is 12.5 Å². The quantitative estimate of drug-likeness (QED) is 0.746. The van der Waals surface area contributed by atoms with Crippen molar-refractivity contribution in [2.45, 2.75) is 13.8 Å². The van der Waals surface area contributed by atoms with Crippen LogP contribution in [-0.2, 0) is 9.59 Å². The molecule has 2 aromatic rings. The summed E-state index contributed by atoms with van der Waals surface area (Å²) in [5.41, 5.74) is 2.29. The molecule has 5 nitrogen and oxygen atoms in total. The smallest absolute Gasteiger partial charge is 0.241 e. The maximum atomic E-state index is 12.7. The van der Waals surface area contributed by atoms with E-state index in [1.807, 2.05) is 38.1 Å². The minimum absolute atomic E-state index is 0.0403. The second-order valence-corrected chi connectivity index (χ2v) is 7.06. The Labute approximate surface area is 169 Å². The first-order valence-electron chi connectivity index (χ1n) is 8.61. The van der Waals surface area contributed by atoms with Crippen LogP contribution in [-0.4, -0.2) is 43.4 Å². The number of hydrogen-bond donors (Lipinski definition) is 1. The third-order valence-corrected chi connectivity index (χ3v) is 4.70. The van der Waals surface area contributed by atoms with Crippen LogP contribution in [0.3, 0.4) is 0 Å². The van der Waals surface area contributed by atoms with Crippen LogP contribution in [0.5, 0.6) is 0 Å². The van der Waals surface area contributed by atoms with Gasteiger partial charge in [0.05, 0.1) is 28.8 Å². The van der Waals surface area contributed by atoms with Gasteiger partial charge in [-0.2, -0.15) is 0 Å². The normalized spacial score (nSPS) is 10.7. The molecule has 0 bridgehead atoms. The van der Waals surface area contributed by atoms with Crippen molar-refractivity contribution in [2.75, 3.05) is 36.9 Å². The highest BCUT2D eigenvalue weighted by Gasteiger charge is 2.19. The lowest BCUT2D eigenvalue weighted by atomic mass is 10.2. The maximum absolute atomic E-state index is 12.7. The van der Waals surface area contributed by atoms with Crippen molar-refractivity contribution in [1.29, 1.82) is 0 Å². The van der Waals surface area contributed by atoms with E-state index in [-0.39, 0.29) is 24.9 Å². The molecule has 0 fully saturated rings. The number of benzene rings is 2. The zero-order valence-corrected chi connectivity index (χ0v) is 17.1. The second kappa shape index (κ2) is 9.74. The Morgan fingerprint density at radius 2 is 1.63 bits per heavy atom. The molecule has 2 rings (SSSR count). The molecule has 0 atom stereocenters. The first-order valence-corrected chi connectivity index (χ1v) is 9.37. The fourth-order valence-electron chi connectivity index (χ4n) is 2.76. The minimum Gasteiger partial charge on any atom is -0.322 e. The first-order chi connectivity index (χ1) is 12.8. The number of anilines is 2. The van der Waals surface area contributed by atoms with Crippen molar-refractivity contribution >= 4 is 46.4 Å². The minimum atomic E-state index is -0.292.